The van der Waals surface area contributed by atoms with E-state index in [1.54, 1.807) is 0 Å². The maximum atomic E-state index is 5.72. The number of nitrogen functional groups attached to an aromatic ring is 1. The Morgan fingerprint density at radius 3 is 2.94 bits per heavy atom. The quantitative estimate of drug-likeness (QED) is 0.804. The van der Waals surface area contributed by atoms with Crippen LogP contribution in [0.2, 0.25) is 0 Å². The molecular weight excluding hydrogens is 204 g/mol. The lowest BCUT2D eigenvalue weighted by Gasteiger charge is -2.22. The average Bonchev–Trinajstić information content (AvgIpc) is 2.32. The number of hydrogen-bond donors (Lipinski definition) is 2. The Bertz CT molecular complexity index is 350. The van der Waals surface area contributed by atoms with Gasteiger partial charge in [0.2, 0.25) is 0 Å². The van der Waals surface area contributed by atoms with Crippen molar-refractivity contribution in [2.45, 2.75) is 19.8 Å². The maximum Gasteiger partial charge on any atom is 0.134 e. The van der Waals surface area contributed by atoms with Crippen LogP contribution in [0.15, 0.2) is 6.33 Å². The number of nitrogens with zero attached hydrogens (tertiary/aromatic N) is 2. The van der Waals surface area contributed by atoms with Crippen molar-refractivity contribution < 1.29 is 4.74 Å². The largest absolute Gasteiger partial charge is 0.383 e. The second kappa shape index (κ2) is 5.12. The molecule has 2 heterocycles. The van der Waals surface area contributed by atoms with Crippen molar-refractivity contribution in [3.8, 4) is 0 Å². The van der Waals surface area contributed by atoms with E-state index < -0.39 is 0 Å². The van der Waals surface area contributed by atoms with E-state index in [-0.39, 0.29) is 0 Å². The van der Waals surface area contributed by atoms with Gasteiger partial charge in [-0.05, 0) is 25.7 Å². The molecular formula is C11H18N4O. The van der Waals surface area contributed by atoms with Crippen LogP contribution >= 0.6 is 0 Å². The van der Waals surface area contributed by atoms with Crippen LogP contribution in [0.1, 0.15) is 18.4 Å². The van der Waals surface area contributed by atoms with E-state index in [1.165, 1.54) is 6.33 Å². The maximum absolute atomic E-state index is 5.72. The summed E-state index contributed by atoms with van der Waals surface area (Å²) in [5.74, 6) is 2.06. The summed E-state index contributed by atoms with van der Waals surface area (Å²) >= 11 is 0. The number of anilines is 2. The minimum absolute atomic E-state index is 0.546. The molecule has 0 aliphatic carbocycles. The molecule has 0 amide bonds. The van der Waals surface area contributed by atoms with Gasteiger partial charge in [-0.2, -0.15) is 0 Å². The molecule has 5 nitrogen and oxygen atoms in total. The highest BCUT2D eigenvalue weighted by molar-refractivity contribution is 5.53. The fourth-order valence-corrected chi connectivity index (χ4v) is 1.83. The van der Waals surface area contributed by atoms with Gasteiger partial charge in [-0.25, -0.2) is 9.97 Å². The number of nitrogens with one attached hydrogen (secondary N) is 1. The van der Waals surface area contributed by atoms with Crippen LogP contribution in [0.5, 0.6) is 0 Å². The summed E-state index contributed by atoms with van der Waals surface area (Å²) in [5, 5.41) is 3.34. The lowest BCUT2D eigenvalue weighted by atomic mass is 10.0. The zero-order valence-corrected chi connectivity index (χ0v) is 9.57. The Balaban J connectivity index is 1.91. The molecule has 5 heteroatoms. The van der Waals surface area contributed by atoms with E-state index in [9.17, 15) is 0 Å². The SMILES string of the molecule is Cc1c(N)ncnc1NCC1CCOCC1. The van der Waals surface area contributed by atoms with Crippen LogP contribution in [0.3, 0.4) is 0 Å². The molecule has 1 aliphatic rings. The van der Waals surface area contributed by atoms with E-state index in [0.717, 1.165) is 44.0 Å². The van der Waals surface area contributed by atoms with Crippen LogP contribution in [-0.2, 0) is 4.74 Å². The van der Waals surface area contributed by atoms with Gasteiger partial charge in [0.1, 0.15) is 18.0 Å². The normalized spacial score (nSPS) is 17.3. The number of rotatable bonds is 3. The van der Waals surface area contributed by atoms with Gasteiger partial charge in [0.25, 0.3) is 0 Å². The number of aromatic nitrogens is 2. The molecule has 2 rings (SSSR count). The zero-order chi connectivity index (χ0) is 11.4. The number of nitrogens with two attached hydrogens (primary N) is 1. The molecule has 0 atom stereocenters. The number of hydrogen-bond acceptors (Lipinski definition) is 5. The van der Waals surface area contributed by atoms with Gasteiger partial charge in [-0.15, -0.1) is 0 Å². The summed E-state index contributed by atoms with van der Waals surface area (Å²) in [4.78, 5) is 8.13. The summed E-state index contributed by atoms with van der Waals surface area (Å²) in [6, 6.07) is 0. The van der Waals surface area contributed by atoms with Crippen molar-refractivity contribution in [1.82, 2.24) is 9.97 Å². The molecule has 0 radical (unpaired) electrons. The molecule has 0 unspecified atom stereocenters. The van der Waals surface area contributed by atoms with Crippen molar-refractivity contribution in [2.75, 3.05) is 30.8 Å². The van der Waals surface area contributed by atoms with E-state index in [2.05, 4.69) is 15.3 Å². The van der Waals surface area contributed by atoms with Gasteiger partial charge in [0.05, 0.1) is 0 Å². The smallest absolute Gasteiger partial charge is 0.134 e. The third kappa shape index (κ3) is 2.61. The Hall–Kier alpha value is -1.36. The Labute approximate surface area is 95.4 Å². The Morgan fingerprint density at radius 1 is 1.44 bits per heavy atom. The molecule has 0 saturated carbocycles. The highest BCUT2D eigenvalue weighted by Gasteiger charge is 2.14. The van der Waals surface area contributed by atoms with Crippen LogP contribution in [0, 0.1) is 12.8 Å². The number of ether oxygens (including phenoxy) is 1. The molecule has 1 aromatic heterocycles. The Morgan fingerprint density at radius 2 is 2.19 bits per heavy atom. The molecule has 3 N–H and O–H groups in total. The van der Waals surface area contributed by atoms with Gasteiger partial charge in [0.15, 0.2) is 0 Å². The highest BCUT2D eigenvalue weighted by Crippen LogP contribution is 2.18. The first-order chi connectivity index (χ1) is 7.77. The summed E-state index contributed by atoms with van der Waals surface area (Å²) in [6.07, 6.45) is 3.73. The van der Waals surface area contributed by atoms with Crippen molar-refractivity contribution in [2.24, 2.45) is 5.92 Å². The van der Waals surface area contributed by atoms with Crippen molar-refractivity contribution in [3.05, 3.63) is 11.9 Å². The van der Waals surface area contributed by atoms with Gasteiger partial charge >= 0.3 is 0 Å². The molecule has 16 heavy (non-hydrogen) atoms. The van der Waals surface area contributed by atoms with E-state index in [0.29, 0.717) is 11.7 Å². The molecule has 1 aliphatic heterocycles. The molecule has 0 spiro atoms. The molecule has 1 saturated heterocycles. The third-order valence-electron chi connectivity index (χ3n) is 3.02. The second-order valence-electron chi connectivity index (χ2n) is 4.17. The summed E-state index contributed by atoms with van der Waals surface area (Å²) < 4.78 is 5.32. The predicted molar refractivity (Wildman–Crippen MR) is 63.2 cm³/mol. The van der Waals surface area contributed by atoms with Crippen LogP contribution in [0.4, 0.5) is 11.6 Å². The van der Waals surface area contributed by atoms with Crippen LogP contribution < -0.4 is 11.1 Å². The minimum atomic E-state index is 0.546. The standard InChI is InChI=1S/C11H18N4O/c1-8-10(12)14-7-15-11(8)13-6-9-2-4-16-5-3-9/h7,9H,2-6H2,1H3,(H3,12,13,14,15). The summed E-state index contributed by atoms with van der Waals surface area (Å²) in [7, 11) is 0. The third-order valence-corrected chi connectivity index (χ3v) is 3.02. The van der Waals surface area contributed by atoms with Crippen LogP contribution in [0.25, 0.3) is 0 Å². The molecule has 1 aromatic rings. The molecule has 0 aromatic carbocycles. The van der Waals surface area contributed by atoms with E-state index in [1.807, 2.05) is 6.92 Å². The van der Waals surface area contributed by atoms with Gasteiger partial charge in [-0.3, -0.25) is 0 Å². The van der Waals surface area contributed by atoms with Crippen LogP contribution in [-0.4, -0.2) is 29.7 Å². The monoisotopic (exact) mass is 222 g/mol. The van der Waals surface area contributed by atoms with Crippen molar-refractivity contribution in [1.29, 1.82) is 0 Å². The van der Waals surface area contributed by atoms with Gasteiger partial charge < -0.3 is 15.8 Å². The van der Waals surface area contributed by atoms with Gasteiger partial charge in [-0.1, -0.05) is 0 Å². The minimum Gasteiger partial charge on any atom is -0.383 e. The first-order valence-electron chi connectivity index (χ1n) is 5.66. The molecule has 88 valence electrons. The predicted octanol–water partition coefficient (Wildman–Crippen LogP) is 1.21. The summed E-state index contributed by atoms with van der Waals surface area (Å²) in [6.45, 7) is 4.61. The summed E-state index contributed by atoms with van der Waals surface area (Å²) in [5.41, 5.74) is 6.64. The fourth-order valence-electron chi connectivity index (χ4n) is 1.83. The lowest BCUT2D eigenvalue weighted by molar-refractivity contribution is 0.0699. The topological polar surface area (TPSA) is 73.1 Å². The molecule has 0 bridgehead atoms. The Kier molecular flexibility index (Phi) is 3.56. The average molecular weight is 222 g/mol. The van der Waals surface area contributed by atoms with E-state index in [4.69, 9.17) is 10.5 Å². The zero-order valence-electron chi connectivity index (χ0n) is 9.57. The van der Waals surface area contributed by atoms with Gasteiger partial charge in [0, 0.05) is 25.3 Å². The van der Waals surface area contributed by atoms with E-state index >= 15 is 0 Å². The lowest BCUT2D eigenvalue weighted by Crippen LogP contribution is -2.23. The fraction of sp³-hybridized carbons (Fsp3) is 0.636. The first-order valence-corrected chi connectivity index (χ1v) is 5.66. The van der Waals surface area contributed by atoms with Crippen molar-refractivity contribution in [3.63, 3.8) is 0 Å². The molecule has 1 fully saturated rings. The second-order valence-corrected chi connectivity index (χ2v) is 4.17. The highest BCUT2D eigenvalue weighted by atomic mass is 16.5. The van der Waals surface area contributed by atoms with Crippen molar-refractivity contribution >= 4 is 11.6 Å². The first kappa shape index (κ1) is 11.1.